The number of hydrogen-bond donors (Lipinski definition) is 1. The van der Waals surface area contributed by atoms with E-state index in [2.05, 4.69) is 21.8 Å². The molecule has 1 aromatic carbocycles. The number of carbonyl (C=O) groups is 2. The summed E-state index contributed by atoms with van der Waals surface area (Å²) in [6.07, 6.45) is 1.09. The first-order valence-corrected chi connectivity index (χ1v) is 11.2. The van der Waals surface area contributed by atoms with Crippen LogP contribution in [0, 0.1) is 18.3 Å². The minimum atomic E-state index is -0.433. The predicted molar refractivity (Wildman–Crippen MR) is 124 cm³/mol. The summed E-state index contributed by atoms with van der Waals surface area (Å²) in [6, 6.07) is 5.86. The Balaban J connectivity index is 2.10. The Morgan fingerprint density at radius 2 is 1.97 bits per heavy atom. The van der Waals surface area contributed by atoms with Crippen LogP contribution >= 0.6 is 11.6 Å². The number of rotatable bonds is 5. The molecule has 0 spiro atoms. The van der Waals surface area contributed by atoms with Gasteiger partial charge in [0.05, 0.1) is 16.6 Å². The standard InChI is InChI=1S/C24H33ClN4O2/c1-15-8-9-18(25)16(12-15)22-27-21(19-14-28(6)10-7-11-29(19)22)20(30)13-17(23(31)26-5)24(2,3)4/h8-9,12,17H,7,10-11,13-14H2,1-6H3,(H,26,31)/t17-/m1/s1. The number of hydrogen-bond acceptors (Lipinski definition) is 4. The number of carbonyl (C=O) groups excluding carboxylic acids is 2. The molecule has 0 saturated carbocycles. The van der Waals surface area contributed by atoms with Crippen molar-refractivity contribution in [3.63, 3.8) is 0 Å². The summed E-state index contributed by atoms with van der Waals surface area (Å²) >= 11 is 6.53. The van der Waals surface area contributed by atoms with Crippen LogP contribution in [0.2, 0.25) is 5.02 Å². The maximum atomic E-state index is 13.5. The fourth-order valence-corrected chi connectivity index (χ4v) is 4.41. The van der Waals surface area contributed by atoms with Gasteiger partial charge >= 0.3 is 0 Å². The van der Waals surface area contributed by atoms with Gasteiger partial charge < -0.3 is 14.8 Å². The molecule has 0 unspecified atom stereocenters. The van der Waals surface area contributed by atoms with Crippen LogP contribution in [0.4, 0.5) is 0 Å². The minimum Gasteiger partial charge on any atom is -0.359 e. The summed E-state index contributed by atoms with van der Waals surface area (Å²) in [6.45, 7) is 10.3. The first kappa shape index (κ1) is 23.5. The zero-order valence-electron chi connectivity index (χ0n) is 19.4. The van der Waals surface area contributed by atoms with Crippen LogP contribution in [0.3, 0.4) is 0 Å². The molecule has 168 valence electrons. The molecule has 2 aromatic rings. The van der Waals surface area contributed by atoms with Gasteiger partial charge in [0, 0.05) is 32.1 Å². The normalized spacial score (nSPS) is 15.8. The molecule has 0 saturated heterocycles. The van der Waals surface area contributed by atoms with E-state index < -0.39 is 5.92 Å². The van der Waals surface area contributed by atoms with Gasteiger partial charge in [-0.1, -0.05) is 44.0 Å². The summed E-state index contributed by atoms with van der Waals surface area (Å²) in [5.41, 5.74) is 2.95. The van der Waals surface area contributed by atoms with Gasteiger partial charge in [0.2, 0.25) is 5.91 Å². The van der Waals surface area contributed by atoms with Crippen molar-refractivity contribution in [2.24, 2.45) is 11.3 Å². The number of halogens is 1. The fraction of sp³-hybridized carbons (Fsp3) is 0.542. The Hall–Kier alpha value is -2.18. The highest BCUT2D eigenvalue weighted by atomic mass is 35.5. The number of nitrogens with one attached hydrogen (secondary N) is 1. The summed E-state index contributed by atoms with van der Waals surface area (Å²) in [5.74, 6) is 0.0780. The van der Waals surface area contributed by atoms with Crippen molar-refractivity contribution in [3.05, 3.63) is 40.2 Å². The maximum absolute atomic E-state index is 13.5. The third-order valence-electron chi connectivity index (χ3n) is 6.04. The fourth-order valence-electron chi connectivity index (χ4n) is 4.21. The molecule has 1 amide bonds. The van der Waals surface area contributed by atoms with Gasteiger partial charge in [-0.2, -0.15) is 0 Å². The molecule has 1 N–H and O–H groups in total. The second-order valence-electron chi connectivity index (χ2n) is 9.62. The highest BCUT2D eigenvalue weighted by Crippen LogP contribution is 2.34. The van der Waals surface area contributed by atoms with E-state index in [0.29, 0.717) is 17.3 Å². The molecule has 1 aliphatic rings. The summed E-state index contributed by atoms with van der Waals surface area (Å²) in [5, 5.41) is 3.33. The average molecular weight is 445 g/mol. The Kier molecular flexibility index (Phi) is 6.92. The van der Waals surface area contributed by atoms with Gasteiger partial charge in [-0.25, -0.2) is 4.98 Å². The quantitative estimate of drug-likeness (QED) is 0.697. The van der Waals surface area contributed by atoms with Crippen molar-refractivity contribution in [1.82, 2.24) is 19.8 Å². The van der Waals surface area contributed by atoms with Crippen LogP contribution in [0.25, 0.3) is 11.4 Å². The van der Waals surface area contributed by atoms with Crippen molar-refractivity contribution in [2.45, 2.75) is 53.6 Å². The number of fused-ring (bicyclic) bond motifs is 1. The lowest BCUT2D eigenvalue weighted by Crippen LogP contribution is -2.37. The smallest absolute Gasteiger partial charge is 0.223 e. The second kappa shape index (κ2) is 9.13. The van der Waals surface area contributed by atoms with E-state index in [1.165, 1.54) is 0 Å². The van der Waals surface area contributed by atoms with Crippen molar-refractivity contribution in [3.8, 4) is 11.4 Å². The Morgan fingerprint density at radius 3 is 2.61 bits per heavy atom. The number of aromatic nitrogens is 2. The van der Waals surface area contributed by atoms with Crippen LogP contribution in [-0.4, -0.2) is 46.8 Å². The summed E-state index contributed by atoms with van der Waals surface area (Å²) in [4.78, 5) is 33.1. The third-order valence-corrected chi connectivity index (χ3v) is 6.37. The van der Waals surface area contributed by atoms with Gasteiger partial charge in [-0.05, 0) is 44.5 Å². The zero-order valence-corrected chi connectivity index (χ0v) is 20.1. The molecule has 2 heterocycles. The second-order valence-corrected chi connectivity index (χ2v) is 10.0. The van der Waals surface area contributed by atoms with Crippen LogP contribution in [0.5, 0.6) is 0 Å². The van der Waals surface area contributed by atoms with Crippen molar-refractivity contribution in [2.75, 3.05) is 20.6 Å². The lowest BCUT2D eigenvalue weighted by Gasteiger charge is -2.28. The Labute approximate surface area is 190 Å². The molecule has 0 fully saturated rings. The number of nitrogens with zero attached hydrogens (tertiary/aromatic N) is 3. The number of benzene rings is 1. The lowest BCUT2D eigenvalue weighted by atomic mass is 9.77. The van der Waals surface area contributed by atoms with Gasteiger partial charge in [0.15, 0.2) is 5.78 Å². The predicted octanol–water partition coefficient (Wildman–Crippen LogP) is 4.33. The van der Waals surface area contributed by atoms with E-state index in [9.17, 15) is 9.59 Å². The molecular formula is C24H33ClN4O2. The van der Waals surface area contributed by atoms with E-state index in [1.54, 1.807) is 7.05 Å². The molecule has 1 atom stereocenters. The molecule has 0 aliphatic carbocycles. The molecule has 1 aliphatic heterocycles. The van der Waals surface area contributed by atoms with E-state index in [-0.39, 0.29) is 23.5 Å². The molecule has 0 bridgehead atoms. The SMILES string of the molecule is CNC(=O)[C@@H](CC(=O)c1nc(-c2cc(C)ccc2Cl)n2c1CN(C)CCC2)C(C)(C)C. The Morgan fingerprint density at radius 1 is 1.26 bits per heavy atom. The van der Waals surface area contributed by atoms with Gasteiger partial charge in [-0.15, -0.1) is 0 Å². The maximum Gasteiger partial charge on any atom is 0.223 e. The van der Waals surface area contributed by atoms with E-state index in [0.717, 1.165) is 42.2 Å². The van der Waals surface area contributed by atoms with Crippen molar-refractivity contribution >= 4 is 23.3 Å². The molecular weight excluding hydrogens is 412 g/mol. The number of ketones is 1. The summed E-state index contributed by atoms with van der Waals surface area (Å²) in [7, 11) is 3.67. The monoisotopic (exact) mass is 444 g/mol. The molecule has 7 heteroatoms. The highest BCUT2D eigenvalue weighted by molar-refractivity contribution is 6.33. The van der Waals surface area contributed by atoms with Gasteiger partial charge in [0.25, 0.3) is 0 Å². The topological polar surface area (TPSA) is 67.2 Å². The van der Waals surface area contributed by atoms with Crippen molar-refractivity contribution in [1.29, 1.82) is 0 Å². The van der Waals surface area contributed by atoms with Gasteiger partial charge in [0.1, 0.15) is 11.5 Å². The Bertz CT molecular complexity index is 990. The first-order valence-electron chi connectivity index (χ1n) is 10.8. The number of imidazole rings is 1. The molecule has 3 rings (SSSR count). The molecule has 0 radical (unpaired) electrons. The molecule has 1 aromatic heterocycles. The number of Topliss-reactive ketones (excluding diaryl/α,β-unsaturated/α-hetero) is 1. The lowest BCUT2D eigenvalue weighted by molar-refractivity contribution is -0.127. The van der Waals surface area contributed by atoms with E-state index in [1.807, 2.05) is 45.9 Å². The third kappa shape index (κ3) is 5.01. The molecule has 31 heavy (non-hydrogen) atoms. The van der Waals surface area contributed by atoms with Crippen molar-refractivity contribution < 1.29 is 9.59 Å². The van der Waals surface area contributed by atoms with Crippen LogP contribution < -0.4 is 5.32 Å². The number of aryl methyl sites for hydroxylation is 1. The van der Waals surface area contributed by atoms with Gasteiger partial charge in [-0.3, -0.25) is 9.59 Å². The summed E-state index contributed by atoms with van der Waals surface area (Å²) < 4.78 is 2.14. The molecule has 6 nitrogen and oxygen atoms in total. The highest BCUT2D eigenvalue weighted by Gasteiger charge is 2.35. The average Bonchev–Trinajstić information content (AvgIpc) is 2.92. The van der Waals surface area contributed by atoms with Crippen LogP contribution in [0.15, 0.2) is 18.2 Å². The number of amides is 1. The first-order chi connectivity index (χ1) is 14.5. The minimum absolute atomic E-state index is 0.0994. The van der Waals surface area contributed by atoms with Crippen LogP contribution in [0.1, 0.15) is 55.4 Å². The largest absolute Gasteiger partial charge is 0.359 e. The zero-order chi connectivity index (χ0) is 22.9. The van der Waals surface area contributed by atoms with E-state index >= 15 is 0 Å². The van der Waals surface area contributed by atoms with E-state index in [4.69, 9.17) is 16.6 Å². The van der Waals surface area contributed by atoms with Crippen LogP contribution in [-0.2, 0) is 17.9 Å².